The zero-order chi connectivity index (χ0) is 24.8. The molecule has 0 radical (unpaired) electrons. The highest BCUT2D eigenvalue weighted by Crippen LogP contribution is 2.44. The number of halogens is 5. The Kier molecular flexibility index (Phi) is 6.43. The number of hydrogen-bond acceptors (Lipinski definition) is 7. The molecule has 1 amide bonds. The Morgan fingerprint density at radius 3 is 2.67 bits per heavy atom. The number of nitrogens with zero attached hydrogens (tertiary/aromatic N) is 2. The van der Waals surface area contributed by atoms with Crippen molar-refractivity contribution in [3.63, 3.8) is 0 Å². The lowest BCUT2D eigenvalue weighted by molar-refractivity contribution is -0.253. The van der Waals surface area contributed by atoms with Crippen LogP contribution in [0.1, 0.15) is 12.8 Å². The molecular formula is C18H19F5N4O5S. The number of anilines is 1. The van der Waals surface area contributed by atoms with Crippen LogP contribution in [0.15, 0.2) is 46.7 Å². The van der Waals surface area contributed by atoms with Gasteiger partial charge in [0.2, 0.25) is 5.91 Å². The monoisotopic (exact) mass is 498 g/mol. The number of ether oxygens (including phenoxy) is 1. The number of nitrogens with two attached hydrogens (primary N) is 1. The fourth-order valence-electron chi connectivity index (χ4n) is 3.57. The second-order valence-electron chi connectivity index (χ2n) is 7.47. The number of alkyl halides is 4. The molecule has 0 saturated carbocycles. The average Bonchev–Trinajstić information content (AvgIpc) is 3.08. The molecule has 15 heteroatoms. The molecular weight excluding hydrogens is 479 g/mol. The first-order valence-electron chi connectivity index (χ1n) is 9.31. The number of carbonyl (C=O) groups excluding carboxylic acids is 1. The van der Waals surface area contributed by atoms with Gasteiger partial charge >= 0.3 is 6.18 Å². The molecule has 3 atom stereocenters. The van der Waals surface area contributed by atoms with E-state index in [-0.39, 0.29) is 11.4 Å². The predicted molar refractivity (Wildman–Crippen MR) is 103 cm³/mol. The van der Waals surface area contributed by atoms with Gasteiger partial charge in [0.25, 0.3) is 10.0 Å². The third-order valence-electron chi connectivity index (χ3n) is 5.22. The van der Waals surface area contributed by atoms with Gasteiger partial charge in [0.15, 0.2) is 28.4 Å². The molecule has 1 saturated heterocycles. The highest BCUT2D eigenvalue weighted by Gasteiger charge is 2.62. The van der Waals surface area contributed by atoms with Crippen LogP contribution in [0, 0.1) is 0 Å². The predicted octanol–water partition coefficient (Wildman–Crippen LogP) is 1.49. The number of methoxy groups -OCH3 is 1. The Balaban J connectivity index is 1.98. The number of allylic oxidation sites excluding steroid dienone is 2. The lowest BCUT2D eigenvalue weighted by Gasteiger charge is -2.32. The normalized spacial score (nSPS) is 26.3. The van der Waals surface area contributed by atoms with Gasteiger partial charge in [0.1, 0.15) is 6.04 Å². The number of sulfonamides is 1. The lowest BCUT2D eigenvalue weighted by atomic mass is 9.99. The topological polar surface area (TPSA) is 135 Å². The summed E-state index contributed by atoms with van der Waals surface area (Å²) >= 11 is 0. The minimum atomic E-state index is -5.15. The van der Waals surface area contributed by atoms with Gasteiger partial charge in [-0.05, 0) is 6.07 Å². The summed E-state index contributed by atoms with van der Waals surface area (Å²) in [7, 11) is -3.26. The van der Waals surface area contributed by atoms with Crippen LogP contribution in [0.5, 0.6) is 0 Å². The fraction of sp³-hybridized carbons (Fsp3) is 0.444. The van der Waals surface area contributed by atoms with Crippen LogP contribution in [0.3, 0.4) is 0 Å². The summed E-state index contributed by atoms with van der Waals surface area (Å²) in [4.78, 5) is 17.2. The quantitative estimate of drug-likeness (QED) is 0.524. The van der Waals surface area contributed by atoms with Crippen LogP contribution < -0.4 is 10.5 Å². The van der Waals surface area contributed by atoms with Crippen LogP contribution in [-0.4, -0.2) is 67.0 Å². The van der Waals surface area contributed by atoms with Crippen LogP contribution in [0.2, 0.25) is 0 Å². The fourth-order valence-corrected chi connectivity index (χ4v) is 4.07. The Labute approximate surface area is 184 Å². The first-order valence-corrected chi connectivity index (χ1v) is 10.9. The molecule has 182 valence electrons. The Hall–Kier alpha value is -2.78. The maximum absolute atomic E-state index is 14.3. The van der Waals surface area contributed by atoms with E-state index in [1.165, 1.54) is 0 Å². The zero-order valence-corrected chi connectivity index (χ0v) is 17.8. The number of pyridine rings is 1. The van der Waals surface area contributed by atoms with E-state index in [1.54, 1.807) is 0 Å². The molecule has 9 nitrogen and oxygen atoms in total. The Bertz CT molecular complexity index is 1120. The van der Waals surface area contributed by atoms with Gasteiger partial charge in [-0.15, -0.1) is 0 Å². The molecule has 4 N–H and O–H groups in total. The van der Waals surface area contributed by atoms with Crippen molar-refractivity contribution in [2.45, 2.75) is 41.9 Å². The first-order chi connectivity index (χ1) is 15.2. The van der Waals surface area contributed by atoms with Crippen molar-refractivity contribution < 1.29 is 45.0 Å². The van der Waals surface area contributed by atoms with Crippen molar-refractivity contribution in [3.05, 3.63) is 41.7 Å². The summed E-state index contributed by atoms with van der Waals surface area (Å²) in [6.07, 6.45) is -6.81. The summed E-state index contributed by atoms with van der Waals surface area (Å²) in [6.45, 7) is -1.16. The van der Waals surface area contributed by atoms with E-state index in [9.17, 15) is 40.3 Å². The zero-order valence-electron chi connectivity index (χ0n) is 16.9. The molecule has 1 fully saturated rings. The second kappa shape index (κ2) is 8.53. The minimum absolute atomic E-state index is 0.156. The number of nitrogens with one attached hydrogen (secondary N) is 1. The van der Waals surface area contributed by atoms with E-state index in [0.717, 1.165) is 36.4 Å². The summed E-state index contributed by atoms with van der Waals surface area (Å²) < 4.78 is 96.4. The highest BCUT2D eigenvalue weighted by atomic mass is 32.2. The number of amides is 1. The highest BCUT2D eigenvalue weighted by molar-refractivity contribution is 7.89. The molecule has 1 aliphatic heterocycles. The third-order valence-corrected chi connectivity index (χ3v) is 6.03. The second-order valence-corrected chi connectivity index (χ2v) is 8.98. The van der Waals surface area contributed by atoms with Gasteiger partial charge in [0.05, 0.1) is 19.4 Å². The van der Waals surface area contributed by atoms with Crippen molar-refractivity contribution >= 4 is 21.6 Å². The molecule has 1 aromatic rings. The van der Waals surface area contributed by atoms with E-state index in [4.69, 9.17) is 9.88 Å². The van der Waals surface area contributed by atoms with Crippen molar-refractivity contribution in [1.29, 1.82) is 0 Å². The molecule has 1 aromatic heterocycles. The summed E-state index contributed by atoms with van der Waals surface area (Å²) in [6, 6.07) is 0.342. The third kappa shape index (κ3) is 4.79. The molecule has 0 bridgehead atoms. The van der Waals surface area contributed by atoms with Crippen molar-refractivity contribution in [3.8, 4) is 0 Å². The van der Waals surface area contributed by atoms with Gasteiger partial charge in [-0.1, -0.05) is 6.08 Å². The number of carbonyl (C=O) groups is 1. The molecule has 1 aliphatic carbocycles. The van der Waals surface area contributed by atoms with Gasteiger partial charge in [-0.2, -0.15) is 13.2 Å². The molecule has 3 rings (SSSR count). The van der Waals surface area contributed by atoms with Crippen molar-refractivity contribution in [2.75, 3.05) is 19.0 Å². The van der Waals surface area contributed by atoms with Gasteiger partial charge in [-0.25, -0.2) is 27.3 Å². The number of aliphatic hydroxyl groups is 1. The lowest BCUT2D eigenvalue weighted by Crippen LogP contribution is -2.47. The van der Waals surface area contributed by atoms with E-state index < -0.39 is 75.9 Å². The average molecular weight is 498 g/mol. The first kappa shape index (κ1) is 24.9. The van der Waals surface area contributed by atoms with E-state index >= 15 is 0 Å². The number of rotatable bonds is 5. The van der Waals surface area contributed by atoms with Crippen molar-refractivity contribution in [2.24, 2.45) is 5.14 Å². The summed E-state index contributed by atoms with van der Waals surface area (Å²) in [5.74, 6) is -3.14. The summed E-state index contributed by atoms with van der Waals surface area (Å²) in [5.41, 5.74) is -3.83. The minimum Gasteiger partial charge on any atom is -0.492 e. The molecule has 2 heterocycles. The largest absolute Gasteiger partial charge is 0.492 e. The summed E-state index contributed by atoms with van der Waals surface area (Å²) in [5, 5.41) is 16.8. The maximum Gasteiger partial charge on any atom is 0.419 e. The van der Waals surface area contributed by atoms with E-state index in [1.807, 2.05) is 0 Å². The number of likely N-dealkylation sites (tertiary alicyclic amines) is 1. The van der Waals surface area contributed by atoms with Gasteiger partial charge in [0, 0.05) is 30.8 Å². The standard InChI is InChI=1S/C18H19F5N4O5S/c1-32-15-11(3-2-10(19)14(15)20)27-8-17(29,18(21,22)23)7-12(27)16(28)26-9-4-5-25-13(6-9)33(24,30)31/h3-6,10,12,29H,2,7-8H2,1H3,(H2,24,30,31)(H,25,26,28). The molecule has 33 heavy (non-hydrogen) atoms. The van der Waals surface area contributed by atoms with Crippen molar-refractivity contribution in [1.82, 2.24) is 9.88 Å². The Morgan fingerprint density at radius 1 is 1.42 bits per heavy atom. The smallest absolute Gasteiger partial charge is 0.419 e. The van der Waals surface area contributed by atoms with Crippen LogP contribution in [0.25, 0.3) is 0 Å². The molecule has 0 spiro atoms. The number of hydrogen-bond donors (Lipinski definition) is 3. The number of aromatic nitrogens is 1. The molecule has 3 unspecified atom stereocenters. The molecule has 0 aromatic carbocycles. The molecule has 2 aliphatic rings. The van der Waals surface area contributed by atoms with Crippen LogP contribution in [0.4, 0.5) is 27.6 Å². The van der Waals surface area contributed by atoms with Crippen LogP contribution in [-0.2, 0) is 19.6 Å². The SMILES string of the molecule is COC1=C(F)C(F)CC=C1N1CC(O)(C(F)(F)F)CC1C(=O)Nc1ccnc(S(N)(=O)=O)c1. The number of β-amino-alcohol motifs (C(OH)–C–C–N with tert-alkyl or cyclic N) is 1. The number of primary sulfonamides is 1. The van der Waals surface area contributed by atoms with E-state index in [2.05, 4.69) is 10.3 Å². The van der Waals surface area contributed by atoms with Crippen LogP contribution >= 0.6 is 0 Å². The van der Waals surface area contributed by atoms with Gasteiger partial charge < -0.3 is 20.1 Å². The van der Waals surface area contributed by atoms with E-state index in [0.29, 0.717) is 0 Å². The Morgan fingerprint density at radius 2 is 2.09 bits per heavy atom. The maximum atomic E-state index is 14.3. The van der Waals surface area contributed by atoms with Gasteiger partial charge in [-0.3, -0.25) is 4.79 Å².